The molecule has 1 unspecified atom stereocenters. The molecule has 0 saturated carbocycles. The average molecular weight is 360 g/mol. The van der Waals surface area contributed by atoms with Gasteiger partial charge in [0, 0.05) is 28.0 Å². The predicted octanol–water partition coefficient (Wildman–Crippen LogP) is 2.87. The Balaban J connectivity index is 2.28. The Hall–Kier alpha value is -1.47. The van der Waals surface area contributed by atoms with E-state index in [0.717, 1.165) is 10.0 Å². The van der Waals surface area contributed by atoms with Crippen LogP contribution in [-0.4, -0.2) is 31.3 Å². The Kier molecular flexibility index (Phi) is 4.72. The molecule has 2 aromatic rings. The molecule has 0 amide bonds. The van der Waals surface area contributed by atoms with Gasteiger partial charge >= 0.3 is 5.97 Å². The molecule has 0 saturated heterocycles. The second-order valence-corrected chi connectivity index (χ2v) is 5.80. The number of aliphatic carboxylic acids is 1. The van der Waals surface area contributed by atoms with E-state index in [1.54, 1.807) is 16.8 Å². The van der Waals surface area contributed by atoms with Crippen molar-refractivity contribution in [1.82, 2.24) is 20.2 Å². The molecule has 2 rings (SSSR count). The summed E-state index contributed by atoms with van der Waals surface area (Å²) >= 11 is 9.42. The molecular weight excluding hydrogens is 348 g/mol. The van der Waals surface area contributed by atoms with Crippen molar-refractivity contribution in [2.45, 2.75) is 19.9 Å². The fourth-order valence-corrected chi connectivity index (χ4v) is 2.44. The van der Waals surface area contributed by atoms with Crippen LogP contribution in [0.5, 0.6) is 0 Å². The first-order valence-electron chi connectivity index (χ1n) is 5.90. The minimum absolute atomic E-state index is 0.0655. The lowest BCUT2D eigenvalue weighted by Gasteiger charge is -2.10. The highest BCUT2D eigenvalue weighted by Crippen LogP contribution is 2.29. The summed E-state index contributed by atoms with van der Waals surface area (Å²) in [7, 11) is 0. The monoisotopic (exact) mass is 358 g/mol. The van der Waals surface area contributed by atoms with Crippen molar-refractivity contribution in [3.8, 4) is 11.4 Å². The molecule has 0 aliphatic rings. The van der Waals surface area contributed by atoms with Gasteiger partial charge in [0.1, 0.15) is 0 Å². The highest BCUT2D eigenvalue weighted by molar-refractivity contribution is 9.10. The third-order valence-corrected chi connectivity index (χ3v) is 3.64. The van der Waals surface area contributed by atoms with E-state index in [1.165, 1.54) is 0 Å². The van der Waals surface area contributed by atoms with Crippen LogP contribution in [0.25, 0.3) is 11.4 Å². The van der Waals surface area contributed by atoms with Gasteiger partial charge in [0.25, 0.3) is 0 Å². The number of hydrogen-bond donors (Lipinski definition) is 1. The first-order valence-corrected chi connectivity index (χ1v) is 7.08. The summed E-state index contributed by atoms with van der Waals surface area (Å²) < 4.78 is 2.41. The van der Waals surface area contributed by atoms with Crippen LogP contribution in [0.15, 0.2) is 22.7 Å². The zero-order chi connectivity index (χ0) is 14.7. The second-order valence-electron chi connectivity index (χ2n) is 4.51. The van der Waals surface area contributed by atoms with Crippen LogP contribution in [0, 0.1) is 5.92 Å². The van der Waals surface area contributed by atoms with E-state index in [2.05, 4.69) is 31.5 Å². The number of hydrogen-bond acceptors (Lipinski definition) is 4. The maximum Gasteiger partial charge on any atom is 0.303 e. The number of halogens is 2. The van der Waals surface area contributed by atoms with Gasteiger partial charge in [-0.3, -0.25) is 4.79 Å². The summed E-state index contributed by atoms with van der Waals surface area (Å²) in [6.45, 7) is 2.26. The first kappa shape index (κ1) is 14.9. The summed E-state index contributed by atoms with van der Waals surface area (Å²) in [5.74, 6) is -0.361. The van der Waals surface area contributed by atoms with Gasteiger partial charge in [-0.1, -0.05) is 34.5 Å². The minimum Gasteiger partial charge on any atom is -0.481 e. The molecule has 0 aliphatic heterocycles. The Morgan fingerprint density at radius 3 is 3.00 bits per heavy atom. The van der Waals surface area contributed by atoms with Crippen molar-refractivity contribution in [3.63, 3.8) is 0 Å². The van der Waals surface area contributed by atoms with E-state index < -0.39 is 5.97 Å². The van der Waals surface area contributed by atoms with Crippen molar-refractivity contribution >= 4 is 33.5 Å². The molecular formula is C12H12BrClN4O2. The maximum atomic E-state index is 10.7. The van der Waals surface area contributed by atoms with Gasteiger partial charge in [0.05, 0.1) is 0 Å². The van der Waals surface area contributed by atoms with Gasteiger partial charge in [-0.2, -0.15) is 0 Å². The van der Waals surface area contributed by atoms with E-state index in [4.69, 9.17) is 16.7 Å². The minimum atomic E-state index is -0.837. The van der Waals surface area contributed by atoms with Crippen molar-refractivity contribution in [1.29, 1.82) is 0 Å². The molecule has 1 N–H and O–H groups in total. The van der Waals surface area contributed by atoms with Crippen LogP contribution >= 0.6 is 27.5 Å². The zero-order valence-corrected chi connectivity index (χ0v) is 13.0. The molecule has 8 heteroatoms. The lowest BCUT2D eigenvalue weighted by molar-refractivity contribution is -0.138. The largest absolute Gasteiger partial charge is 0.481 e. The molecule has 1 aromatic heterocycles. The number of tetrazole rings is 1. The maximum absolute atomic E-state index is 10.7. The predicted molar refractivity (Wildman–Crippen MR) is 77.4 cm³/mol. The van der Waals surface area contributed by atoms with E-state index >= 15 is 0 Å². The van der Waals surface area contributed by atoms with Crippen LogP contribution in [0.2, 0.25) is 5.02 Å². The molecule has 0 aliphatic carbocycles. The Morgan fingerprint density at radius 1 is 1.55 bits per heavy atom. The van der Waals surface area contributed by atoms with Gasteiger partial charge in [0.2, 0.25) is 0 Å². The molecule has 6 nitrogen and oxygen atoms in total. The lowest BCUT2D eigenvalue weighted by Crippen LogP contribution is -2.14. The molecule has 1 aromatic carbocycles. The molecule has 20 heavy (non-hydrogen) atoms. The fraction of sp³-hybridized carbons (Fsp3) is 0.333. The average Bonchev–Trinajstić information content (AvgIpc) is 2.79. The lowest BCUT2D eigenvalue weighted by atomic mass is 10.1. The quantitative estimate of drug-likeness (QED) is 0.888. The third-order valence-electron chi connectivity index (χ3n) is 2.71. The SMILES string of the molecule is CC(CC(=O)O)Cn1nnnc1-c1cc(Cl)ccc1Br. The summed E-state index contributed by atoms with van der Waals surface area (Å²) in [5, 5.41) is 20.9. The Labute approximate surface area is 128 Å². The Bertz CT molecular complexity index is 632. The van der Waals surface area contributed by atoms with Crippen molar-refractivity contribution in [2.24, 2.45) is 5.92 Å². The van der Waals surface area contributed by atoms with Gasteiger partial charge in [-0.25, -0.2) is 4.68 Å². The number of carbonyl (C=O) groups is 1. The highest BCUT2D eigenvalue weighted by Gasteiger charge is 2.16. The number of carboxylic acids is 1. The summed E-state index contributed by atoms with van der Waals surface area (Å²) in [4.78, 5) is 10.7. The molecule has 1 atom stereocenters. The zero-order valence-electron chi connectivity index (χ0n) is 10.6. The van der Waals surface area contributed by atoms with E-state index in [1.807, 2.05) is 13.0 Å². The van der Waals surface area contributed by atoms with Gasteiger partial charge in [-0.15, -0.1) is 5.10 Å². The van der Waals surface area contributed by atoms with Crippen LogP contribution in [-0.2, 0) is 11.3 Å². The van der Waals surface area contributed by atoms with Crippen molar-refractivity contribution in [3.05, 3.63) is 27.7 Å². The topological polar surface area (TPSA) is 80.9 Å². The second kappa shape index (κ2) is 6.32. The number of aromatic nitrogens is 4. The van der Waals surface area contributed by atoms with Crippen molar-refractivity contribution in [2.75, 3.05) is 0 Å². The molecule has 106 valence electrons. The highest BCUT2D eigenvalue weighted by atomic mass is 79.9. The van der Waals surface area contributed by atoms with Gasteiger partial charge < -0.3 is 5.11 Å². The smallest absolute Gasteiger partial charge is 0.303 e. The fourth-order valence-electron chi connectivity index (χ4n) is 1.85. The Morgan fingerprint density at radius 2 is 2.30 bits per heavy atom. The van der Waals surface area contributed by atoms with Gasteiger partial charge in [-0.05, 0) is 34.5 Å². The van der Waals surface area contributed by atoms with Crippen LogP contribution < -0.4 is 0 Å². The van der Waals surface area contributed by atoms with Crippen LogP contribution in [0.4, 0.5) is 0 Å². The first-order chi connectivity index (χ1) is 9.47. The van der Waals surface area contributed by atoms with E-state index in [-0.39, 0.29) is 12.3 Å². The summed E-state index contributed by atoms with van der Waals surface area (Å²) in [6.07, 6.45) is 0.0655. The van der Waals surface area contributed by atoms with Crippen LogP contribution in [0.1, 0.15) is 13.3 Å². The number of benzene rings is 1. The summed E-state index contributed by atoms with van der Waals surface area (Å²) in [5.41, 5.74) is 0.769. The third kappa shape index (κ3) is 3.55. The van der Waals surface area contributed by atoms with Crippen molar-refractivity contribution < 1.29 is 9.90 Å². The van der Waals surface area contributed by atoms with Gasteiger partial charge in [0.15, 0.2) is 5.82 Å². The molecule has 0 fully saturated rings. The number of nitrogens with zero attached hydrogens (tertiary/aromatic N) is 4. The standard InChI is InChI=1S/C12H12BrClN4O2/c1-7(4-11(19)20)6-18-12(15-16-17-18)9-5-8(14)2-3-10(9)13/h2-3,5,7H,4,6H2,1H3,(H,19,20). The molecule has 0 bridgehead atoms. The molecule has 1 heterocycles. The van der Waals surface area contributed by atoms with E-state index in [9.17, 15) is 4.79 Å². The van der Waals surface area contributed by atoms with Crippen LogP contribution in [0.3, 0.4) is 0 Å². The number of carboxylic acid groups (broad SMARTS) is 1. The molecule has 0 radical (unpaired) electrons. The summed E-state index contributed by atoms with van der Waals surface area (Å²) in [6, 6.07) is 5.34. The molecule has 0 spiro atoms. The van der Waals surface area contributed by atoms with E-state index in [0.29, 0.717) is 17.4 Å². The normalized spacial score (nSPS) is 12.3. The number of rotatable bonds is 5.